The van der Waals surface area contributed by atoms with E-state index in [4.69, 9.17) is 4.74 Å². The second kappa shape index (κ2) is 5.13. The summed E-state index contributed by atoms with van der Waals surface area (Å²) in [6.45, 7) is 3.13. The van der Waals surface area contributed by atoms with Crippen LogP contribution in [0.3, 0.4) is 0 Å². The Morgan fingerprint density at radius 3 is 2.37 bits per heavy atom. The summed E-state index contributed by atoms with van der Waals surface area (Å²) < 4.78 is 9.54. The molecule has 19 heavy (non-hydrogen) atoms. The van der Waals surface area contributed by atoms with E-state index in [0.717, 1.165) is 6.07 Å². The van der Waals surface area contributed by atoms with Gasteiger partial charge in [0.1, 0.15) is 0 Å². The second-order valence-corrected chi connectivity index (χ2v) is 4.42. The number of phenols is 1. The highest BCUT2D eigenvalue weighted by Crippen LogP contribution is 2.40. The van der Waals surface area contributed by atoms with Crippen LogP contribution in [0, 0.1) is 10.1 Å². The minimum absolute atomic E-state index is 0.0684. The van der Waals surface area contributed by atoms with E-state index in [1.165, 1.54) is 20.3 Å². The second-order valence-electron chi connectivity index (χ2n) is 4.42. The average molecular weight is 269 g/mol. The van der Waals surface area contributed by atoms with Crippen LogP contribution < -0.4 is 4.74 Å². The molecule has 0 aliphatic carbocycles. The molecule has 7 nitrogen and oxygen atoms in total. The van der Waals surface area contributed by atoms with E-state index in [9.17, 15) is 20.0 Å². The number of rotatable bonds is 4. The van der Waals surface area contributed by atoms with Crippen LogP contribution in [0.15, 0.2) is 12.1 Å². The lowest BCUT2D eigenvalue weighted by Gasteiger charge is -2.22. The molecule has 0 saturated heterocycles. The summed E-state index contributed by atoms with van der Waals surface area (Å²) in [5.74, 6) is -1.19. The number of carbonyl (C=O) groups is 1. The van der Waals surface area contributed by atoms with Crippen molar-refractivity contribution in [1.29, 1.82) is 0 Å². The predicted molar refractivity (Wildman–Crippen MR) is 66.4 cm³/mol. The number of nitro benzene ring substituents is 1. The van der Waals surface area contributed by atoms with Gasteiger partial charge < -0.3 is 14.6 Å². The molecule has 7 heteroatoms. The van der Waals surface area contributed by atoms with Crippen molar-refractivity contribution in [3.63, 3.8) is 0 Å². The minimum Gasteiger partial charge on any atom is -0.500 e. The van der Waals surface area contributed by atoms with Crippen LogP contribution in [0.25, 0.3) is 0 Å². The monoisotopic (exact) mass is 269 g/mol. The molecule has 0 saturated carbocycles. The van der Waals surface area contributed by atoms with Gasteiger partial charge in [-0.25, -0.2) is 0 Å². The lowest BCUT2D eigenvalue weighted by atomic mass is 9.84. The number of esters is 1. The molecule has 0 radical (unpaired) electrons. The Morgan fingerprint density at radius 1 is 1.37 bits per heavy atom. The zero-order valence-electron chi connectivity index (χ0n) is 11.1. The molecule has 0 bridgehead atoms. The molecule has 0 amide bonds. The standard InChI is InChI=1S/C12H15NO6/c1-12(2,11(15)19-4)7-5-8(13(16)17)10(14)9(6-7)18-3/h5-6,14H,1-4H3. The Balaban J connectivity index is 3.49. The number of phenolic OH excluding ortho intramolecular Hbond substituents is 1. The molecule has 0 unspecified atom stereocenters. The fourth-order valence-electron chi connectivity index (χ4n) is 1.62. The number of methoxy groups -OCH3 is 2. The number of hydrogen-bond acceptors (Lipinski definition) is 6. The van der Waals surface area contributed by atoms with Crippen molar-refractivity contribution in [2.45, 2.75) is 19.3 Å². The van der Waals surface area contributed by atoms with Crippen LogP contribution in [0.5, 0.6) is 11.5 Å². The average Bonchev–Trinajstić information content (AvgIpc) is 2.37. The van der Waals surface area contributed by atoms with Gasteiger partial charge in [0.25, 0.3) is 0 Å². The van der Waals surface area contributed by atoms with Crippen molar-refractivity contribution in [1.82, 2.24) is 0 Å². The van der Waals surface area contributed by atoms with Crippen molar-refractivity contribution in [2.24, 2.45) is 0 Å². The van der Waals surface area contributed by atoms with E-state index in [1.54, 1.807) is 13.8 Å². The third-order valence-electron chi connectivity index (χ3n) is 2.89. The fraction of sp³-hybridized carbons (Fsp3) is 0.417. The number of benzene rings is 1. The summed E-state index contributed by atoms with van der Waals surface area (Å²) in [6, 6.07) is 2.51. The van der Waals surface area contributed by atoms with Gasteiger partial charge in [-0.05, 0) is 25.5 Å². The van der Waals surface area contributed by atoms with E-state index < -0.39 is 27.7 Å². The van der Waals surface area contributed by atoms with E-state index in [0.29, 0.717) is 5.56 Å². The van der Waals surface area contributed by atoms with Crippen molar-refractivity contribution < 1.29 is 24.3 Å². The van der Waals surface area contributed by atoms with Gasteiger partial charge in [-0.3, -0.25) is 14.9 Å². The topological polar surface area (TPSA) is 98.9 Å². The van der Waals surface area contributed by atoms with Gasteiger partial charge >= 0.3 is 11.7 Å². The van der Waals surface area contributed by atoms with Crippen molar-refractivity contribution >= 4 is 11.7 Å². The number of carbonyl (C=O) groups excluding carboxylic acids is 1. The summed E-state index contributed by atoms with van der Waals surface area (Å²) in [7, 11) is 2.50. The van der Waals surface area contributed by atoms with Gasteiger partial charge in [0.15, 0.2) is 5.75 Å². The van der Waals surface area contributed by atoms with Crippen LogP contribution in [-0.4, -0.2) is 30.2 Å². The zero-order chi connectivity index (χ0) is 14.8. The number of ether oxygens (including phenoxy) is 2. The largest absolute Gasteiger partial charge is 0.500 e. The highest BCUT2D eigenvalue weighted by Gasteiger charge is 2.34. The maximum absolute atomic E-state index is 11.7. The van der Waals surface area contributed by atoms with Crippen molar-refractivity contribution in [3.8, 4) is 11.5 Å². The summed E-state index contributed by atoms with van der Waals surface area (Å²) in [4.78, 5) is 21.8. The summed E-state index contributed by atoms with van der Waals surface area (Å²) in [6.07, 6.45) is 0. The normalized spacial score (nSPS) is 10.9. The molecule has 1 aromatic rings. The van der Waals surface area contributed by atoms with E-state index >= 15 is 0 Å². The summed E-state index contributed by atoms with van der Waals surface area (Å²) >= 11 is 0. The molecule has 104 valence electrons. The first-order valence-corrected chi connectivity index (χ1v) is 5.40. The molecule has 1 rings (SSSR count). The van der Waals surface area contributed by atoms with Crippen LogP contribution >= 0.6 is 0 Å². The molecule has 1 N–H and O–H groups in total. The lowest BCUT2D eigenvalue weighted by molar-refractivity contribution is -0.386. The maximum atomic E-state index is 11.7. The Labute approximate surface area is 109 Å². The zero-order valence-corrected chi connectivity index (χ0v) is 11.1. The van der Waals surface area contributed by atoms with Crippen molar-refractivity contribution in [3.05, 3.63) is 27.8 Å². The minimum atomic E-state index is -1.10. The van der Waals surface area contributed by atoms with E-state index in [-0.39, 0.29) is 5.75 Å². The first-order valence-electron chi connectivity index (χ1n) is 5.40. The van der Waals surface area contributed by atoms with Crippen molar-refractivity contribution in [2.75, 3.05) is 14.2 Å². The number of hydrogen-bond donors (Lipinski definition) is 1. The van der Waals surface area contributed by atoms with Crippen LogP contribution in [0.4, 0.5) is 5.69 Å². The lowest BCUT2D eigenvalue weighted by Crippen LogP contribution is -2.30. The van der Waals surface area contributed by atoms with Crippen LogP contribution in [-0.2, 0) is 14.9 Å². The quantitative estimate of drug-likeness (QED) is 0.508. The molecule has 0 spiro atoms. The fourth-order valence-corrected chi connectivity index (χ4v) is 1.62. The Hall–Kier alpha value is -2.31. The molecule has 0 heterocycles. The van der Waals surface area contributed by atoms with E-state index in [1.807, 2.05) is 0 Å². The Kier molecular flexibility index (Phi) is 3.98. The Morgan fingerprint density at radius 2 is 1.95 bits per heavy atom. The molecule has 0 atom stereocenters. The Bertz CT molecular complexity index is 523. The smallest absolute Gasteiger partial charge is 0.315 e. The molecular formula is C12H15NO6. The number of nitrogens with zero attached hydrogens (tertiary/aromatic N) is 1. The first kappa shape index (κ1) is 14.7. The molecule has 0 aromatic heterocycles. The highest BCUT2D eigenvalue weighted by molar-refractivity contribution is 5.83. The molecule has 0 aliphatic rings. The highest BCUT2D eigenvalue weighted by atomic mass is 16.6. The summed E-state index contributed by atoms with van der Waals surface area (Å²) in [5, 5.41) is 20.5. The third kappa shape index (κ3) is 2.59. The van der Waals surface area contributed by atoms with Gasteiger partial charge in [-0.15, -0.1) is 0 Å². The third-order valence-corrected chi connectivity index (χ3v) is 2.89. The predicted octanol–water partition coefficient (Wildman–Crippen LogP) is 1.76. The molecule has 0 fully saturated rings. The number of nitro groups is 1. The first-order chi connectivity index (χ1) is 8.75. The SMILES string of the molecule is COC(=O)C(C)(C)c1cc(OC)c(O)c([N+](=O)[O-])c1. The van der Waals surface area contributed by atoms with Crippen LogP contribution in [0.1, 0.15) is 19.4 Å². The molecule has 1 aromatic carbocycles. The summed E-state index contributed by atoms with van der Waals surface area (Å²) in [5.41, 5.74) is -1.30. The van der Waals surface area contributed by atoms with Gasteiger partial charge in [-0.1, -0.05) is 0 Å². The van der Waals surface area contributed by atoms with Crippen LogP contribution in [0.2, 0.25) is 0 Å². The molecule has 0 aliphatic heterocycles. The van der Waals surface area contributed by atoms with E-state index in [2.05, 4.69) is 4.74 Å². The van der Waals surface area contributed by atoms with Gasteiger partial charge in [0, 0.05) is 6.07 Å². The molecular weight excluding hydrogens is 254 g/mol. The van der Waals surface area contributed by atoms with Gasteiger partial charge in [0.05, 0.1) is 24.6 Å². The maximum Gasteiger partial charge on any atom is 0.315 e. The van der Waals surface area contributed by atoms with Gasteiger partial charge in [0.2, 0.25) is 5.75 Å². The number of aromatic hydroxyl groups is 1. The van der Waals surface area contributed by atoms with Gasteiger partial charge in [-0.2, -0.15) is 0 Å².